The van der Waals surface area contributed by atoms with Crippen molar-refractivity contribution in [3.8, 4) is 0 Å². The van der Waals surface area contributed by atoms with E-state index in [0.717, 1.165) is 25.7 Å². The molecule has 0 spiro atoms. The lowest BCUT2D eigenvalue weighted by Crippen LogP contribution is -2.39. The molecule has 106 valence electrons. The van der Waals surface area contributed by atoms with Crippen molar-refractivity contribution in [3.63, 3.8) is 0 Å². The summed E-state index contributed by atoms with van der Waals surface area (Å²) in [6.45, 7) is 8.75. The first-order valence-electron chi connectivity index (χ1n) is 6.93. The second kappa shape index (κ2) is 4.72. The molecule has 0 aromatic rings. The second-order valence-corrected chi connectivity index (χ2v) is 11.6. The summed E-state index contributed by atoms with van der Waals surface area (Å²) in [5.74, 6) is -1.29. The summed E-state index contributed by atoms with van der Waals surface area (Å²) < 4.78 is 26.5. The number of hydrogen-bond acceptors (Lipinski definition) is 2. The van der Waals surface area contributed by atoms with E-state index in [2.05, 4.69) is 6.92 Å². The van der Waals surface area contributed by atoms with Crippen LogP contribution in [0.25, 0.3) is 0 Å². The normalized spacial score (nSPS) is 45.7. The van der Waals surface area contributed by atoms with E-state index >= 15 is 0 Å². The van der Waals surface area contributed by atoms with E-state index in [1.807, 2.05) is 19.6 Å². The van der Waals surface area contributed by atoms with Crippen LogP contribution in [-0.2, 0) is 9.16 Å². The van der Waals surface area contributed by atoms with Crippen LogP contribution in [0.4, 0.5) is 4.39 Å². The predicted molar refractivity (Wildman–Crippen MR) is 73.9 cm³/mol. The zero-order valence-corrected chi connectivity index (χ0v) is 13.5. The summed E-state index contributed by atoms with van der Waals surface area (Å²) in [5.41, 5.74) is 0. The fourth-order valence-corrected chi connectivity index (χ4v) is 4.87. The molecule has 5 heteroatoms. The third-order valence-electron chi connectivity index (χ3n) is 3.83. The lowest BCUT2D eigenvalue weighted by molar-refractivity contribution is -0.141. The molecule has 1 saturated heterocycles. The highest BCUT2D eigenvalue weighted by Crippen LogP contribution is 2.68. The fraction of sp³-hybridized carbons (Fsp3) is 1.00. The Kier molecular flexibility index (Phi) is 3.87. The fourth-order valence-electron chi connectivity index (χ4n) is 3.05. The Balaban J connectivity index is 2.22. The smallest absolute Gasteiger partial charge is 0.244 e. The zero-order chi connectivity index (χ0) is 13.6. The van der Waals surface area contributed by atoms with E-state index in [-0.39, 0.29) is 11.8 Å². The summed E-state index contributed by atoms with van der Waals surface area (Å²) in [7, 11) is -1.90. The van der Waals surface area contributed by atoms with Gasteiger partial charge in [0.2, 0.25) is 10.9 Å². The Morgan fingerprint density at radius 3 is 2.56 bits per heavy atom. The minimum atomic E-state index is -1.90. The van der Waals surface area contributed by atoms with Crippen LogP contribution in [0.15, 0.2) is 0 Å². The van der Waals surface area contributed by atoms with Gasteiger partial charge in [-0.1, -0.05) is 37.8 Å². The quantitative estimate of drug-likeness (QED) is 0.558. The SMILES string of the molecule is CC1CCCCCOC2(O[Si](C)(C)C)C1C2(F)Cl. The zero-order valence-electron chi connectivity index (χ0n) is 11.8. The number of fused-ring (bicyclic) bond motifs is 1. The van der Waals surface area contributed by atoms with Gasteiger partial charge in [-0.25, -0.2) is 4.39 Å². The van der Waals surface area contributed by atoms with Crippen LogP contribution >= 0.6 is 11.6 Å². The van der Waals surface area contributed by atoms with Crippen LogP contribution in [0.5, 0.6) is 0 Å². The predicted octanol–water partition coefficient (Wildman–Crippen LogP) is 4.30. The largest absolute Gasteiger partial charge is 0.387 e. The second-order valence-electron chi connectivity index (χ2n) is 6.66. The molecule has 1 aliphatic heterocycles. The Hall–Kier alpha value is 0.357. The molecule has 1 aliphatic carbocycles. The van der Waals surface area contributed by atoms with E-state index in [1.165, 1.54) is 0 Å². The first-order valence-corrected chi connectivity index (χ1v) is 10.7. The van der Waals surface area contributed by atoms with Crippen molar-refractivity contribution in [2.24, 2.45) is 11.8 Å². The van der Waals surface area contributed by atoms with Crippen molar-refractivity contribution in [1.82, 2.24) is 0 Å². The average molecular weight is 295 g/mol. The van der Waals surface area contributed by atoms with Gasteiger partial charge in [0.25, 0.3) is 0 Å². The Bertz CT molecular complexity index is 319. The number of ether oxygens (including phenoxy) is 1. The van der Waals surface area contributed by atoms with E-state index in [0.29, 0.717) is 6.61 Å². The van der Waals surface area contributed by atoms with E-state index in [4.69, 9.17) is 20.8 Å². The molecule has 2 aliphatic rings. The highest BCUT2D eigenvalue weighted by atomic mass is 35.5. The van der Waals surface area contributed by atoms with Crippen molar-refractivity contribution >= 4 is 19.9 Å². The Morgan fingerprint density at radius 2 is 1.94 bits per heavy atom. The van der Waals surface area contributed by atoms with Gasteiger partial charge in [0, 0.05) is 0 Å². The molecule has 18 heavy (non-hydrogen) atoms. The van der Waals surface area contributed by atoms with Crippen LogP contribution in [0.1, 0.15) is 32.6 Å². The third-order valence-corrected chi connectivity index (χ3v) is 5.24. The van der Waals surface area contributed by atoms with Crippen LogP contribution in [0.3, 0.4) is 0 Å². The average Bonchev–Trinajstić information content (AvgIpc) is 2.63. The number of halogens is 2. The van der Waals surface area contributed by atoms with Crippen LogP contribution in [-0.4, -0.2) is 25.8 Å². The summed E-state index contributed by atoms with van der Waals surface area (Å²) >= 11 is 6.08. The van der Waals surface area contributed by atoms with Gasteiger partial charge in [-0.05, 0) is 32.0 Å². The van der Waals surface area contributed by atoms with Gasteiger partial charge in [0.05, 0.1) is 12.5 Å². The topological polar surface area (TPSA) is 18.5 Å². The molecular weight excluding hydrogens is 271 g/mol. The molecule has 0 aromatic heterocycles. The number of rotatable bonds is 2. The Labute approximate surface area is 115 Å². The van der Waals surface area contributed by atoms with Crippen molar-refractivity contribution in [1.29, 1.82) is 0 Å². The summed E-state index contributed by atoms with van der Waals surface area (Å²) in [4.78, 5) is 0. The lowest BCUT2D eigenvalue weighted by Gasteiger charge is -2.28. The van der Waals surface area contributed by atoms with Crippen LogP contribution < -0.4 is 0 Å². The maximum atomic E-state index is 14.6. The molecule has 1 heterocycles. The molecule has 4 unspecified atom stereocenters. The molecule has 2 nitrogen and oxygen atoms in total. The molecule has 4 atom stereocenters. The molecule has 0 bridgehead atoms. The van der Waals surface area contributed by atoms with Gasteiger partial charge in [0.1, 0.15) is 0 Å². The molecule has 0 N–H and O–H groups in total. The highest BCUT2D eigenvalue weighted by molar-refractivity contribution is 6.70. The molecule has 0 aromatic carbocycles. The maximum Gasteiger partial charge on any atom is 0.244 e. The monoisotopic (exact) mass is 294 g/mol. The van der Waals surface area contributed by atoms with E-state index < -0.39 is 19.2 Å². The summed E-state index contributed by atoms with van der Waals surface area (Å²) in [5, 5.41) is -1.84. The molecule has 0 amide bonds. The first kappa shape index (κ1) is 14.8. The van der Waals surface area contributed by atoms with Crippen molar-refractivity contribution in [2.45, 2.75) is 63.2 Å². The van der Waals surface area contributed by atoms with E-state index in [9.17, 15) is 4.39 Å². The minimum absolute atomic E-state index is 0.210. The molecule has 1 saturated carbocycles. The van der Waals surface area contributed by atoms with Crippen molar-refractivity contribution in [2.75, 3.05) is 6.61 Å². The summed E-state index contributed by atoms with van der Waals surface area (Å²) in [6.07, 6.45) is 4.23. The molecule has 0 radical (unpaired) electrons. The molecular formula is C13H24ClFO2Si. The molecule has 2 fully saturated rings. The van der Waals surface area contributed by atoms with Gasteiger partial charge in [-0.15, -0.1) is 0 Å². The number of hydrogen-bond donors (Lipinski definition) is 0. The number of alkyl halides is 2. The first-order chi connectivity index (χ1) is 8.21. The minimum Gasteiger partial charge on any atom is -0.387 e. The van der Waals surface area contributed by atoms with Gasteiger partial charge in [-0.2, -0.15) is 0 Å². The van der Waals surface area contributed by atoms with Gasteiger partial charge in [0.15, 0.2) is 8.32 Å². The van der Waals surface area contributed by atoms with Crippen molar-refractivity contribution < 1.29 is 13.6 Å². The highest BCUT2D eigenvalue weighted by Gasteiger charge is 2.83. The third kappa shape index (κ3) is 2.49. The maximum absolute atomic E-state index is 14.6. The standard InChI is InChI=1S/C13H24ClFO2Si/c1-10-8-6-5-7-9-16-13(17-18(2,3)4)11(10)12(13,14)15/h10-11H,5-9H2,1-4H3. The Morgan fingerprint density at radius 1 is 1.28 bits per heavy atom. The van der Waals surface area contributed by atoms with Crippen LogP contribution in [0.2, 0.25) is 19.6 Å². The van der Waals surface area contributed by atoms with Gasteiger partial charge in [-0.3, -0.25) is 0 Å². The lowest BCUT2D eigenvalue weighted by atomic mass is 9.98. The summed E-state index contributed by atoms with van der Waals surface area (Å²) in [6, 6.07) is 0. The van der Waals surface area contributed by atoms with Crippen LogP contribution in [0, 0.1) is 11.8 Å². The van der Waals surface area contributed by atoms with Crippen molar-refractivity contribution in [3.05, 3.63) is 0 Å². The van der Waals surface area contributed by atoms with Gasteiger partial charge >= 0.3 is 0 Å². The molecule has 2 rings (SSSR count). The van der Waals surface area contributed by atoms with Gasteiger partial charge < -0.3 is 9.16 Å². The van der Waals surface area contributed by atoms with E-state index in [1.54, 1.807) is 0 Å².